The van der Waals surface area contributed by atoms with E-state index >= 15 is 8.78 Å². The molecule has 2 atom stereocenters. The van der Waals surface area contributed by atoms with Crippen molar-refractivity contribution in [1.29, 1.82) is 0 Å². The number of carboxylic acids is 1. The quantitative estimate of drug-likeness (QED) is 0.0745. The maximum absolute atomic E-state index is 17.1. The Kier molecular flexibility index (Phi) is 12.6. The van der Waals surface area contributed by atoms with Crippen LogP contribution in [0.1, 0.15) is 63.9 Å². The van der Waals surface area contributed by atoms with Crippen LogP contribution in [0.3, 0.4) is 0 Å². The fourth-order valence-corrected chi connectivity index (χ4v) is 8.43. The summed E-state index contributed by atoms with van der Waals surface area (Å²) >= 11 is 0. The van der Waals surface area contributed by atoms with Gasteiger partial charge in [-0.2, -0.15) is 9.97 Å². The molecule has 1 aliphatic carbocycles. The normalized spacial score (nSPS) is 18.8. The van der Waals surface area contributed by atoms with Crippen molar-refractivity contribution in [3.8, 4) is 34.9 Å². The van der Waals surface area contributed by atoms with Crippen LogP contribution in [0.5, 0.6) is 11.8 Å². The average molecular weight is 757 g/mol. The van der Waals surface area contributed by atoms with Gasteiger partial charge < -0.3 is 34.0 Å². The fraction of sp³-hybridized carbons (Fsp3) is 0.524. The van der Waals surface area contributed by atoms with Crippen LogP contribution in [0.2, 0.25) is 0 Å². The van der Waals surface area contributed by atoms with E-state index in [9.17, 15) is 4.79 Å². The molecule has 11 nitrogen and oxygen atoms in total. The summed E-state index contributed by atoms with van der Waals surface area (Å²) in [4.78, 5) is 32.1. The summed E-state index contributed by atoms with van der Waals surface area (Å²) in [6.07, 6.45) is 8.87. The van der Waals surface area contributed by atoms with Crippen molar-refractivity contribution in [2.75, 3.05) is 77.8 Å². The van der Waals surface area contributed by atoms with Gasteiger partial charge in [0.1, 0.15) is 28.6 Å². The molecule has 292 valence electrons. The summed E-state index contributed by atoms with van der Waals surface area (Å²) in [5, 5.41) is 10.4. The number of fused-ring (bicyclic) bond motifs is 4. The first kappa shape index (κ1) is 38.6. The van der Waals surface area contributed by atoms with E-state index in [1.807, 2.05) is 0 Å². The van der Waals surface area contributed by atoms with Gasteiger partial charge >= 0.3 is 12.0 Å². The first-order valence-corrected chi connectivity index (χ1v) is 19.5. The molecule has 4 aromatic rings. The zero-order valence-corrected chi connectivity index (χ0v) is 31.8. The van der Waals surface area contributed by atoms with Crippen LogP contribution in [-0.4, -0.2) is 109 Å². The summed E-state index contributed by atoms with van der Waals surface area (Å²) in [5.74, 6) is 5.95. The number of hydrogen-bond donors (Lipinski definition) is 1. The number of benzene rings is 2. The van der Waals surface area contributed by atoms with Crippen LogP contribution in [-0.2, 0) is 9.53 Å². The fourth-order valence-electron chi connectivity index (χ4n) is 8.43. The second-order valence-corrected chi connectivity index (χ2v) is 15.0. The molecular weight excluding hydrogens is 706 g/mol. The molecular formula is C42H50F2N6O5. The maximum Gasteiger partial charge on any atom is 0.319 e. The minimum absolute atomic E-state index is 0.00108. The topological polar surface area (TPSA) is 113 Å². The van der Waals surface area contributed by atoms with Crippen molar-refractivity contribution in [2.24, 2.45) is 11.8 Å². The number of nitrogens with zero attached hydrogens (tertiary/aromatic N) is 6. The number of carboxylic acid groups (broad SMARTS) is 1. The van der Waals surface area contributed by atoms with Crippen LogP contribution >= 0.6 is 0 Å². The van der Waals surface area contributed by atoms with Gasteiger partial charge in [-0.25, -0.2) is 8.78 Å². The number of aliphatic carboxylic acids is 1. The average Bonchev–Trinajstić information content (AvgIpc) is 3.53. The zero-order chi connectivity index (χ0) is 38.3. The minimum atomic E-state index is -0.728. The molecule has 0 amide bonds. The molecule has 2 aromatic carbocycles. The van der Waals surface area contributed by atoms with Gasteiger partial charge in [-0.3, -0.25) is 9.78 Å². The highest BCUT2D eigenvalue weighted by molar-refractivity contribution is 6.03. The van der Waals surface area contributed by atoms with E-state index in [0.717, 1.165) is 78.0 Å². The molecule has 3 fully saturated rings. The molecule has 0 spiro atoms. The number of piperazine rings is 1. The third-order valence-electron chi connectivity index (χ3n) is 11.1. The molecule has 2 saturated heterocycles. The van der Waals surface area contributed by atoms with Crippen LogP contribution in [0.4, 0.5) is 14.6 Å². The molecule has 2 aliphatic heterocycles. The number of halogens is 2. The van der Waals surface area contributed by atoms with Crippen molar-refractivity contribution in [3.05, 3.63) is 47.7 Å². The van der Waals surface area contributed by atoms with Gasteiger partial charge in [0, 0.05) is 76.5 Å². The Hall–Kier alpha value is -4.64. The zero-order valence-electron chi connectivity index (χ0n) is 31.8. The number of anilines is 1. The van der Waals surface area contributed by atoms with Crippen molar-refractivity contribution < 1.29 is 32.9 Å². The van der Waals surface area contributed by atoms with Gasteiger partial charge in [0.15, 0.2) is 12.6 Å². The predicted molar refractivity (Wildman–Crippen MR) is 207 cm³/mol. The van der Waals surface area contributed by atoms with Crippen molar-refractivity contribution in [3.63, 3.8) is 0 Å². The molecule has 13 heteroatoms. The van der Waals surface area contributed by atoms with E-state index in [0.29, 0.717) is 51.7 Å². The summed E-state index contributed by atoms with van der Waals surface area (Å²) in [5.41, 5.74) is 0.578. The molecule has 2 bridgehead atoms. The Balaban J connectivity index is 1.13. The van der Waals surface area contributed by atoms with E-state index < -0.39 is 17.6 Å². The monoisotopic (exact) mass is 756 g/mol. The molecule has 1 saturated carbocycles. The van der Waals surface area contributed by atoms with Gasteiger partial charge in [-0.1, -0.05) is 18.4 Å². The van der Waals surface area contributed by atoms with E-state index in [-0.39, 0.29) is 36.0 Å². The number of piperidine rings is 1. The summed E-state index contributed by atoms with van der Waals surface area (Å²) in [6, 6.07) is 6.48. The Morgan fingerprint density at radius 3 is 2.42 bits per heavy atom. The van der Waals surface area contributed by atoms with Gasteiger partial charge in [0.25, 0.3) is 0 Å². The number of methoxy groups -OCH3 is 1. The summed E-state index contributed by atoms with van der Waals surface area (Å²) in [6.45, 7) is 9.41. The van der Waals surface area contributed by atoms with Crippen molar-refractivity contribution >= 4 is 33.5 Å². The van der Waals surface area contributed by atoms with Gasteiger partial charge in [0.2, 0.25) is 0 Å². The van der Waals surface area contributed by atoms with E-state index in [4.69, 9.17) is 24.3 Å². The minimum Gasteiger partial charge on any atom is -0.481 e. The molecule has 7 rings (SSSR count). The lowest BCUT2D eigenvalue weighted by atomic mass is 9.95. The Morgan fingerprint density at radius 2 is 1.71 bits per heavy atom. The largest absolute Gasteiger partial charge is 0.481 e. The Labute approximate surface area is 321 Å². The summed E-state index contributed by atoms with van der Waals surface area (Å²) < 4.78 is 49.5. The van der Waals surface area contributed by atoms with Gasteiger partial charge in [-0.05, 0) is 87.4 Å². The van der Waals surface area contributed by atoms with Gasteiger partial charge in [0.05, 0.1) is 17.6 Å². The highest BCUT2D eigenvalue weighted by Gasteiger charge is 2.35. The number of hydrogen-bond acceptors (Lipinski definition) is 10. The molecule has 4 heterocycles. The lowest BCUT2D eigenvalue weighted by Crippen LogP contribution is -2.46. The van der Waals surface area contributed by atoms with Crippen LogP contribution in [0, 0.1) is 35.3 Å². The first-order chi connectivity index (χ1) is 26.8. The predicted octanol–water partition coefficient (Wildman–Crippen LogP) is 6.75. The molecule has 1 N–H and O–H groups in total. The van der Waals surface area contributed by atoms with Crippen LogP contribution in [0.15, 0.2) is 30.5 Å². The van der Waals surface area contributed by atoms with Gasteiger partial charge in [-0.15, -0.1) is 5.92 Å². The third kappa shape index (κ3) is 9.09. The second-order valence-electron chi connectivity index (χ2n) is 15.0. The number of aromatic nitrogens is 3. The Morgan fingerprint density at radius 1 is 0.964 bits per heavy atom. The SMILES string of the molecule is CC#Cc1c(F)ccc2cc(OCOC)cc(-c3ncc4c(N5CC6CCC(C6)C5)nc(OCCCN5CCN(CCCCCC(=O)O)CC5)nc4c3F)c12. The van der Waals surface area contributed by atoms with E-state index in [1.165, 1.54) is 32.4 Å². The molecule has 3 aliphatic rings. The number of ether oxygens (including phenoxy) is 3. The highest BCUT2D eigenvalue weighted by atomic mass is 19.1. The first-order valence-electron chi connectivity index (χ1n) is 19.5. The lowest BCUT2D eigenvalue weighted by Gasteiger charge is -2.34. The summed E-state index contributed by atoms with van der Waals surface area (Å²) in [7, 11) is 1.51. The number of unbranched alkanes of at least 4 members (excludes halogenated alkanes) is 2. The Bertz CT molecular complexity index is 2050. The van der Waals surface area contributed by atoms with Crippen LogP contribution < -0.4 is 14.4 Å². The number of rotatable bonds is 16. The van der Waals surface area contributed by atoms with Crippen LogP contribution in [0.25, 0.3) is 32.9 Å². The number of pyridine rings is 1. The van der Waals surface area contributed by atoms with E-state index in [2.05, 4.69) is 36.5 Å². The van der Waals surface area contributed by atoms with E-state index in [1.54, 1.807) is 31.3 Å². The second kappa shape index (κ2) is 17.9. The molecule has 0 radical (unpaired) electrons. The molecule has 2 unspecified atom stereocenters. The molecule has 55 heavy (non-hydrogen) atoms. The number of carbonyl (C=O) groups is 1. The third-order valence-corrected chi connectivity index (χ3v) is 11.1. The van der Waals surface area contributed by atoms with Crippen molar-refractivity contribution in [1.82, 2.24) is 24.8 Å². The molecule has 2 aromatic heterocycles. The standard InChI is InChI=1S/C42H50F2N6O5/c1-3-8-32-35(43)13-12-30-22-31(55-27-53-2)23-33(37(30)32)39-38(44)40-34(24-45-39)41(50-25-28-10-11-29(21-28)26-50)47-42(46-40)54-20-7-15-49-18-16-48(17-19-49)14-6-4-5-9-36(51)52/h12-13,22-24,28-29H,4-7,9-11,14-21,25-27H2,1-2H3,(H,51,52). The smallest absolute Gasteiger partial charge is 0.319 e. The highest BCUT2D eigenvalue weighted by Crippen LogP contribution is 2.42. The lowest BCUT2D eigenvalue weighted by molar-refractivity contribution is -0.137. The van der Waals surface area contributed by atoms with Crippen molar-refractivity contribution in [2.45, 2.75) is 58.3 Å². The maximum atomic E-state index is 17.1.